The molecule has 2 heteroatoms. The summed E-state index contributed by atoms with van der Waals surface area (Å²) in [5.41, 5.74) is 0. The van der Waals surface area contributed by atoms with Gasteiger partial charge in [-0.1, -0.05) is 39.5 Å². The van der Waals surface area contributed by atoms with Crippen LogP contribution in [0.15, 0.2) is 0 Å². The maximum absolute atomic E-state index is 10.1. The van der Waals surface area contributed by atoms with E-state index in [-0.39, 0.29) is 6.10 Å². The molecule has 0 amide bonds. The molecule has 1 atom stereocenters. The van der Waals surface area contributed by atoms with Crippen LogP contribution in [-0.2, 0) is 9.53 Å². The summed E-state index contributed by atoms with van der Waals surface area (Å²) in [5.74, 6) is 0. The van der Waals surface area contributed by atoms with Gasteiger partial charge in [-0.15, -0.1) is 0 Å². The Morgan fingerprint density at radius 3 is 2.38 bits per heavy atom. The Hall–Kier alpha value is -0.530. The number of ether oxygens (including phenoxy) is 1. The highest BCUT2D eigenvalue weighted by Gasteiger charge is 2.04. The predicted octanol–water partition coefficient (Wildman–Crippen LogP) is 3.30. The summed E-state index contributed by atoms with van der Waals surface area (Å²) in [5, 5.41) is 0. The normalized spacial score (nSPS) is 12.5. The number of rotatable bonds is 9. The number of carbonyl (C=O) groups is 1. The minimum atomic E-state index is 0.152. The van der Waals surface area contributed by atoms with Crippen molar-refractivity contribution in [1.82, 2.24) is 0 Å². The third kappa shape index (κ3) is 7.82. The fraction of sp³-hybridized carbons (Fsp3) is 0.909. The Bertz CT molecular complexity index is 113. The molecule has 0 N–H and O–H groups in total. The van der Waals surface area contributed by atoms with Gasteiger partial charge in [-0.2, -0.15) is 0 Å². The van der Waals surface area contributed by atoms with Crippen LogP contribution in [0.1, 0.15) is 58.8 Å². The quantitative estimate of drug-likeness (QED) is 0.408. The molecule has 0 aromatic rings. The van der Waals surface area contributed by atoms with E-state index in [1.165, 1.54) is 32.1 Å². The first-order valence-electron chi connectivity index (χ1n) is 5.44. The largest absolute Gasteiger partial charge is 0.465 e. The molecule has 0 saturated carbocycles. The van der Waals surface area contributed by atoms with Crippen molar-refractivity contribution in [2.45, 2.75) is 64.9 Å². The standard InChI is InChI=1S/C11H22O2/c1-3-5-6-7-8-9-11(4-2)13-10-12/h10-11H,3-9H2,1-2H3. The smallest absolute Gasteiger partial charge is 0.293 e. The molecule has 78 valence electrons. The SMILES string of the molecule is CCCCCCCC(CC)OC=O. The fourth-order valence-electron chi connectivity index (χ4n) is 1.42. The summed E-state index contributed by atoms with van der Waals surface area (Å²) in [4.78, 5) is 10.1. The van der Waals surface area contributed by atoms with Crippen molar-refractivity contribution < 1.29 is 9.53 Å². The second-order valence-electron chi connectivity index (χ2n) is 3.47. The maximum Gasteiger partial charge on any atom is 0.293 e. The third-order valence-electron chi connectivity index (χ3n) is 2.33. The lowest BCUT2D eigenvalue weighted by Gasteiger charge is -2.11. The lowest BCUT2D eigenvalue weighted by atomic mass is 10.1. The van der Waals surface area contributed by atoms with Gasteiger partial charge in [0.15, 0.2) is 0 Å². The molecule has 0 aliphatic heterocycles. The van der Waals surface area contributed by atoms with Crippen LogP contribution in [0.2, 0.25) is 0 Å². The van der Waals surface area contributed by atoms with E-state index < -0.39 is 0 Å². The summed E-state index contributed by atoms with van der Waals surface area (Å²) < 4.78 is 4.92. The first-order chi connectivity index (χ1) is 6.35. The van der Waals surface area contributed by atoms with Crippen LogP contribution < -0.4 is 0 Å². The van der Waals surface area contributed by atoms with Gasteiger partial charge in [0.1, 0.15) is 6.10 Å². The van der Waals surface area contributed by atoms with Gasteiger partial charge in [0.2, 0.25) is 0 Å². The van der Waals surface area contributed by atoms with Gasteiger partial charge in [0.05, 0.1) is 0 Å². The van der Waals surface area contributed by atoms with Crippen molar-refractivity contribution in [3.63, 3.8) is 0 Å². The van der Waals surface area contributed by atoms with E-state index in [4.69, 9.17) is 4.74 Å². The summed E-state index contributed by atoms with van der Waals surface area (Å²) in [6, 6.07) is 0. The van der Waals surface area contributed by atoms with Crippen molar-refractivity contribution in [1.29, 1.82) is 0 Å². The topological polar surface area (TPSA) is 26.3 Å². The van der Waals surface area contributed by atoms with Gasteiger partial charge >= 0.3 is 0 Å². The zero-order chi connectivity index (χ0) is 9.94. The highest BCUT2D eigenvalue weighted by Crippen LogP contribution is 2.10. The molecule has 0 bridgehead atoms. The van der Waals surface area contributed by atoms with E-state index in [0.717, 1.165) is 12.8 Å². The maximum atomic E-state index is 10.1. The van der Waals surface area contributed by atoms with Crippen molar-refractivity contribution in [3.05, 3.63) is 0 Å². The highest BCUT2D eigenvalue weighted by atomic mass is 16.5. The van der Waals surface area contributed by atoms with E-state index in [1.54, 1.807) is 0 Å². The molecule has 0 aliphatic rings. The highest BCUT2D eigenvalue weighted by molar-refractivity contribution is 5.37. The lowest BCUT2D eigenvalue weighted by molar-refractivity contribution is -0.134. The Morgan fingerprint density at radius 1 is 1.15 bits per heavy atom. The zero-order valence-corrected chi connectivity index (χ0v) is 8.92. The summed E-state index contributed by atoms with van der Waals surface area (Å²) in [6.07, 6.45) is 8.49. The van der Waals surface area contributed by atoms with E-state index in [9.17, 15) is 4.79 Å². The predicted molar refractivity (Wildman–Crippen MR) is 54.6 cm³/mol. The summed E-state index contributed by atoms with van der Waals surface area (Å²) in [7, 11) is 0. The Labute approximate surface area is 81.7 Å². The fourth-order valence-corrected chi connectivity index (χ4v) is 1.42. The number of unbranched alkanes of at least 4 members (excludes halogenated alkanes) is 4. The van der Waals surface area contributed by atoms with Gasteiger partial charge in [0.25, 0.3) is 6.47 Å². The Kier molecular flexibility index (Phi) is 9.17. The number of carbonyl (C=O) groups excluding carboxylic acids is 1. The van der Waals surface area contributed by atoms with Crippen LogP contribution in [0.3, 0.4) is 0 Å². The minimum absolute atomic E-state index is 0.152. The average Bonchev–Trinajstić information content (AvgIpc) is 2.16. The van der Waals surface area contributed by atoms with Gasteiger partial charge in [0, 0.05) is 0 Å². The monoisotopic (exact) mass is 186 g/mol. The third-order valence-corrected chi connectivity index (χ3v) is 2.33. The van der Waals surface area contributed by atoms with Gasteiger partial charge in [-0.25, -0.2) is 0 Å². The molecule has 0 rings (SSSR count). The van der Waals surface area contributed by atoms with Crippen molar-refractivity contribution in [3.8, 4) is 0 Å². The summed E-state index contributed by atoms with van der Waals surface area (Å²) >= 11 is 0. The molecule has 0 spiro atoms. The van der Waals surface area contributed by atoms with E-state index >= 15 is 0 Å². The summed E-state index contributed by atoms with van der Waals surface area (Å²) in [6.45, 7) is 4.84. The number of hydrogen-bond acceptors (Lipinski definition) is 2. The number of hydrogen-bond donors (Lipinski definition) is 0. The molecule has 0 fully saturated rings. The molecule has 1 unspecified atom stereocenters. The van der Waals surface area contributed by atoms with Crippen LogP contribution in [0.5, 0.6) is 0 Å². The second kappa shape index (κ2) is 9.56. The first kappa shape index (κ1) is 12.5. The van der Waals surface area contributed by atoms with E-state index in [2.05, 4.69) is 13.8 Å². The molecule has 0 aliphatic carbocycles. The van der Waals surface area contributed by atoms with Crippen LogP contribution in [0.25, 0.3) is 0 Å². The zero-order valence-electron chi connectivity index (χ0n) is 8.92. The van der Waals surface area contributed by atoms with Crippen LogP contribution in [0, 0.1) is 0 Å². The minimum Gasteiger partial charge on any atom is -0.465 e. The van der Waals surface area contributed by atoms with Gasteiger partial charge in [-0.05, 0) is 19.3 Å². The molecule has 0 saturated heterocycles. The van der Waals surface area contributed by atoms with Crippen molar-refractivity contribution in [2.75, 3.05) is 0 Å². The molecule has 0 radical (unpaired) electrons. The van der Waals surface area contributed by atoms with E-state index in [0.29, 0.717) is 6.47 Å². The Balaban J connectivity index is 3.22. The molecular weight excluding hydrogens is 164 g/mol. The van der Waals surface area contributed by atoms with Gasteiger partial charge < -0.3 is 4.74 Å². The van der Waals surface area contributed by atoms with Crippen molar-refractivity contribution in [2.24, 2.45) is 0 Å². The van der Waals surface area contributed by atoms with Crippen LogP contribution >= 0.6 is 0 Å². The Morgan fingerprint density at radius 2 is 1.85 bits per heavy atom. The average molecular weight is 186 g/mol. The molecule has 0 heterocycles. The second-order valence-corrected chi connectivity index (χ2v) is 3.47. The molecule has 0 aromatic carbocycles. The van der Waals surface area contributed by atoms with E-state index in [1.807, 2.05) is 0 Å². The molecular formula is C11H22O2. The van der Waals surface area contributed by atoms with Crippen LogP contribution in [0.4, 0.5) is 0 Å². The van der Waals surface area contributed by atoms with Crippen LogP contribution in [-0.4, -0.2) is 12.6 Å². The van der Waals surface area contributed by atoms with Crippen molar-refractivity contribution >= 4 is 6.47 Å². The van der Waals surface area contributed by atoms with Gasteiger partial charge in [-0.3, -0.25) is 4.79 Å². The molecule has 2 nitrogen and oxygen atoms in total. The molecule has 13 heavy (non-hydrogen) atoms. The molecule has 0 aromatic heterocycles. The lowest BCUT2D eigenvalue weighted by Crippen LogP contribution is -2.10. The first-order valence-corrected chi connectivity index (χ1v) is 5.44.